The largest absolute Gasteiger partial charge is 0.356 e. The number of hydrogen-bond donors (Lipinski definition) is 1. The lowest BCUT2D eigenvalue weighted by Crippen LogP contribution is -2.58. The van der Waals surface area contributed by atoms with E-state index in [1.165, 1.54) is 35.0 Å². The van der Waals surface area contributed by atoms with Crippen LogP contribution in [-0.2, 0) is 16.8 Å². The second-order valence-electron chi connectivity index (χ2n) is 7.89. The van der Waals surface area contributed by atoms with E-state index in [1.807, 2.05) is 0 Å². The summed E-state index contributed by atoms with van der Waals surface area (Å²) in [6, 6.07) is 8.61. The van der Waals surface area contributed by atoms with Gasteiger partial charge in [-0.3, -0.25) is 4.79 Å². The van der Waals surface area contributed by atoms with Crippen molar-refractivity contribution < 1.29 is 4.79 Å². The van der Waals surface area contributed by atoms with Crippen molar-refractivity contribution in [2.75, 3.05) is 6.54 Å². The van der Waals surface area contributed by atoms with E-state index < -0.39 is 0 Å². The topological polar surface area (TPSA) is 36.1 Å². The van der Waals surface area contributed by atoms with Crippen molar-refractivity contribution in [1.29, 1.82) is 0 Å². The molecule has 1 amide bonds. The Morgan fingerprint density at radius 2 is 2.12 bits per heavy atom. The summed E-state index contributed by atoms with van der Waals surface area (Å²) in [5.41, 5.74) is 3.77. The van der Waals surface area contributed by atoms with E-state index in [1.54, 1.807) is 0 Å². The fourth-order valence-corrected chi connectivity index (χ4v) is 5.21. The summed E-state index contributed by atoms with van der Waals surface area (Å²) in [4.78, 5) is 18.9. The number of benzene rings is 1. The first-order chi connectivity index (χ1) is 11.6. The van der Waals surface area contributed by atoms with Crippen LogP contribution in [0.2, 0.25) is 0 Å². The normalized spacial score (nSPS) is 30.1. The molecule has 3 heterocycles. The van der Waals surface area contributed by atoms with Crippen LogP contribution in [0, 0.1) is 11.8 Å². The van der Waals surface area contributed by atoms with Gasteiger partial charge in [0.1, 0.15) is 0 Å². The lowest BCUT2D eigenvalue weighted by molar-refractivity contribution is -0.152. The number of rotatable bonds is 2. The number of nitrogens with zero attached hydrogens (tertiary/aromatic N) is 1. The van der Waals surface area contributed by atoms with Crippen LogP contribution in [0.25, 0.3) is 10.9 Å². The van der Waals surface area contributed by atoms with E-state index >= 15 is 0 Å². The fraction of sp³-hybridized carbons (Fsp3) is 0.571. The van der Waals surface area contributed by atoms with Crippen molar-refractivity contribution in [2.24, 2.45) is 11.8 Å². The van der Waals surface area contributed by atoms with Crippen molar-refractivity contribution in [3.63, 3.8) is 0 Å². The van der Waals surface area contributed by atoms with Crippen LogP contribution in [0.4, 0.5) is 0 Å². The zero-order valence-electron chi connectivity index (χ0n) is 15.1. The molecule has 128 valence electrons. The van der Waals surface area contributed by atoms with Crippen LogP contribution < -0.4 is 0 Å². The number of amides is 1. The molecule has 1 aromatic heterocycles. The van der Waals surface area contributed by atoms with Crippen LogP contribution in [-0.4, -0.2) is 22.3 Å². The molecule has 2 aliphatic rings. The summed E-state index contributed by atoms with van der Waals surface area (Å²) in [5, 5.41) is 1.34. The van der Waals surface area contributed by atoms with E-state index in [0.29, 0.717) is 11.8 Å². The van der Waals surface area contributed by atoms with Crippen LogP contribution in [0.3, 0.4) is 0 Å². The summed E-state index contributed by atoms with van der Waals surface area (Å²) in [7, 11) is 0. The number of hydrogen-bond acceptors (Lipinski definition) is 1. The van der Waals surface area contributed by atoms with Crippen LogP contribution in [0.15, 0.2) is 24.3 Å². The maximum Gasteiger partial charge on any atom is 0.226 e. The van der Waals surface area contributed by atoms with Crippen molar-refractivity contribution in [2.45, 2.75) is 58.4 Å². The fourth-order valence-electron chi connectivity index (χ4n) is 5.21. The minimum atomic E-state index is -0.190. The lowest BCUT2D eigenvalue weighted by atomic mass is 9.70. The smallest absolute Gasteiger partial charge is 0.226 e. The number of H-pyrrole nitrogens is 1. The second-order valence-corrected chi connectivity index (χ2v) is 7.89. The molecular formula is C21H28N2O. The Morgan fingerprint density at radius 1 is 1.33 bits per heavy atom. The summed E-state index contributed by atoms with van der Waals surface area (Å²) in [6.45, 7) is 7.58. The van der Waals surface area contributed by atoms with Gasteiger partial charge in [0, 0.05) is 29.1 Å². The van der Waals surface area contributed by atoms with Gasteiger partial charge in [-0.1, -0.05) is 38.5 Å². The van der Waals surface area contributed by atoms with Gasteiger partial charge < -0.3 is 9.88 Å². The van der Waals surface area contributed by atoms with Gasteiger partial charge in [0.2, 0.25) is 5.91 Å². The van der Waals surface area contributed by atoms with Gasteiger partial charge in [0.15, 0.2) is 0 Å². The van der Waals surface area contributed by atoms with Gasteiger partial charge in [0.05, 0.1) is 5.54 Å². The molecule has 2 unspecified atom stereocenters. The Bertz CT molecular complexity index is 777. The number of para-hydroxylation sites is 1. The number of aryl methyl sites for hydroxylation is 1. The molecule has 3 atom stereocenters. The minimum absolute atomic E-state index is 0.153. The average molecular weight is 324 g/mol. The number of nitrogens with one attached hydrogen (secondary N) is 1. The standard InChI is InChI=1S/C21H28N2O/c1-4-8-15-13-14(2)20(24)23-12-7-10-17-16-9-5-6-11-18(16)22-19(17)21(15,23)3/h5-6,9,11,14-15,22H,4,7-8,10,12-13H2,1-3H3/t14?,15?,21-/m1/s1. The van der Waals surface area contributed by atoms with E-state index in [4.69, 9.17) is 0 Å². The summed E-state index contributed by atoms with van der Waals surface area (Å²) < 4.78 is 0. The molecule has 3 heteroatoms. The van der Waals surface area contributed by atoms with Gasteiger partial charge in [-0.25, -0.2) is 0 Å². The monoisotopic (exact) mass is 324 g/mol. The molecule has 4 rings (SSSR count). The zero-order valence-corrected chi connectivity index (χ0v) is 15.1. The van der Waals surface area contributed by atoms with Crippen molar-refractivity contribution in [3.8, 4) is 0 Å². The number of piperidine rings is 1. The zero-order chi connectivity index (χ0) is 16.9. The molecule has 24 heavy (non-hydrogen) atoms. The van der Waals surface area contributed by atoms with Crippen molar-refractivity contribution >= 4 is 16.8 Å². The molecule has 0 radical (unpaired) electrons. The van der Waals surface area contributed by atoms with Gasteiger partial charge in [-0.2, -0.15) is 0 Å². The van der Waals surface area contributed by atoms with Crippen molar-refractivity contribution in [3.05, 3.63) is 35.5 Å². The predicted octanol–water partition coefficient (Wildman–Crippen LogP) is 4.61. The molecular weight excluding hydrogens is 296 g/mol. The maximum atomic E-state index is 13.0. The number of carbonyl (C=O) groups is 1. The maximum absolute atomic E-state index is 13.0. The number of fused-ring (bicyclic) bond motifs is 5. The SMILES string of the molecule is CCCC1CC(C)C(=O)N2CCCc3c([nH]c4ccccc34)[C@@]12C. The minimum Gasteiger partial charge on any atom is -0.356 e. The first-order valence-electron chi connectivity index (χ1n) is 9.49. The molecule has 0 aliphatic carbocycles. The number of aromatic amines is 1. The van der Waals surface area contributed by atoms with Crippen LogP contribution in [0.5, 0.6) is 0 Å². The summed E-state index contributed by atoms with van der Waals surface area (Å²) in [6.07, 6.45) is 5.48. The third-order valence-electron chi connectivity index (χ3n) is 6.45. The molecule has 1 fully saturated rings. The van der Waals surface area contributed by atoms with E-state index in [9.17, 15) is 4.79 Å². The molecule has 0 spiro atoms. The van der Waals surface area contributed by atoms with Gasteiger partial charge in [0.25, 0.3) is 0 Å². The van der Waals surface area contributed by atoms with Gasteiger partial charge in [-0.05, 0) is 50.2 Å². The average Bonchev–Trinajstić information content (AvgIpc) is 2.88. The first kappa shape index (κ1) is 15.7. The lowest BCUT2D eigenvalue weighted by Gasteiger charge is -2.51. The number of carbonyl (C=O) groups excluding carboxylic acids is 1. The highest BCUT2D eigenvalue weighted by molar-refractivity contribution is 5.87. The third-order valence-corrected chi connectivity index (χ3v) is 6.45. The predicted molar refractivity (Wildman–Crippen MR) is 97.9 cm³/mol. The first-order valence-corrected chi connectivity index (χ1v) is 9.49. The Morgan fingerprint density at radius 3 is 2.92 bits per heavy atom. The molecule has 1 saturated heterocycles. The Labute approximate surface area is 144 Å². The molecule has 0 saturated carbocycles. The summed E-state index contributed by atoms with van der Waals surface area (Å²) >= 11 is 0. The van der Waals surface area contributed by atoms with Crippen LogP contribution >= 0.6 is 0 Å². The number of aromatic nitrogens is 1. The van der Waals surface area contributed by atoms with Crippen LogP contribution in [0.1, 0.15) is 57.7 Å². The molecule has 0 bridgehead atoms. The van der Waals surface area contributed by atoms with E-state index in [2.05, 4.69) is 54.9 Å². The molecule has 2 aromatic rings. The highest BCUT2D eigenvalue weighted by Gasteiger charge is 2.51. The van der Waals surface area contributed by atoms with E-state index in [-0.39, 0.29) is 11.5 Å². The Kier molecular flexibility index (Phi) is 3.70. The van der Waals surface area contributed by atoms with Crippen molar-refractivity contribution in [1.82, 2.24) is 9.88 Å². The molecule has 1 aromatic carbocycles. The second kappa shape index (κ2) is 5.65. The molecule has 1 N–H and O–H groups in total. The Balaban J connectivity index is 1.94. The molecule has 3 nitrogen and oxygen atoms in total. The highest BCUT2D eigenvalue weighted by atomic mass is 16.2. The Hall–Kier alpha value is -1.77. The molecule has 2 aliphatic heterocycles. The summed E-state index contributed by atoms with van der Waals surface area (Å²) in [5.74, 6) is 1.03. The highest BCUT2D eigenvalue weighted by Crippen LogP contribution is 2.49. The van der Waals surface area contributed by atoms with E-state index in [0.717, 1.165) is 25.8 Å². The van der Waals surface area contributed by atoms with Gasteiger partial charge in [-0.15, -0.1) is 0 Å². The third kappa shape index (κ3) is 2.06. The van der Waals surface area contributed by atoms with Gasteiger partial charge >= 0.3 is 0 Å². The quantitative estimate of drug-likeness (QED) is 0.860.